The van der Waals surface area contributed by atoms with E-state index in [0.717, 1.165) is 41.4 Å². The van der Waals surface area contributed by atoms with Gasteiger partial charge in [-0.1, -0.05) is 6.92 Å². The molecule has 0 aliphatic heterocycles. The molecule has 0 aromatic carbocycles. The molecule has 4 nitrogen and oxygen atoms in total. The van der Waals surface area contributed by atoms with Gasteiger partial charge in [0.1, 0.15) is 17.5 Å². The Labute approximate surface area is 137 Å². The van der Waals surface area contributed by atoms with Crippen molar-refractivity contribution in [1.82, 2.24) is 9.97 Å². The first-order valence-corrected chi connectivity index (χ1v) is 9.02. The second-order valence-electron chi connectivity index (χ2n) is 5.24. The Morgan fingerprint density at radius 3 is 2.67 bits per heavy atom. The topological polar surface area (TPSA) is 49.8 Å². The summed E-state index contributed by atoms with van der Waals surface area (Å²) in [5.41, 5.74) is 0. The van der Waals surface area contributed by atoms with E-state index < -0.39 is 0 Å². The fourth-order valence-corrected chi connectivity index (χ4v) is 3.48. The van der Waals surface area contributed by atoms with Crippen LogP contribution in [0.15, 0.2) is 22.0 Å². The standard InChI is InChI=1S/C15H19BrN4S/c1-2-6-17-13-8-14(20-15(19-13)10-3-4-10)18-9-12-11(16)5-7-21-12/h5,7-8,10H,2-4,6,9H2,1H3,(H2,17,18,19,20). The highest BCUT2D eigenvalue weighted by Gasteiger charge is 2.27. The molecule has 2 heterocycles. The van der Waals surface area contributed by atoms with Gasteiger partial charge in [0.2, 0.25) is 0 Å². The third-order valence-corrected chi connectivity index (χ3v) is 5.29. The molecule has 0 bridgehead atoms. The SMILES string of the molecule is CCCNc1cc(NCc2sccc2Br)nc(C2CC2)n1. The summed E-state index contributed by atoms with van der Waals surface area (Å²) in [6.45, 7) is 3.88. The van der Waals surface area contributed by atoms with E-state index in [-0.39, 0.29) is 0 Å². The number of hydrogen-bond donors (Lipinski definition) is 2. The molecule has 1 aliphatic rings. The summed E-state index contributed by atoms with van der Waals surface area (Å²) in [5, 5.41) is 8.87. The van der Waals surface area contributed by atoms with Crippen molar-refractivity contribution in [1.29, 1.82) is 0 Å². The van der Waals surface area contributed by atoms with Crippen molar-refractivity contribution >= 4 is 38.9 Å². The normalized spacial score (nSPS) is 14.2. The molecule has 1 fully saturated rings. The van der Waals surface area contributed by atoms with Crippen molar-refractivity contribution in [2.45, 2.75) is 38.6 Å². The number of nitrogens with one attached hydrogen (secondary N) is 2. The summed E-state index contributed by atoms with van der Waals surface area (Å²) < 4.78 is 1.15. The van der Waals surface area contributed by atoms with Crippen LogP contribution in [0.25, 0.3) is 0 Å². The van der Waals surface area contributed by atoms with Crippen LogP contribution >= 0.6 is 27.3 Å². The lowest BCUT2D eigenvalue weighted by Gasteiger charge is -2.10. The molecule has 0 spiro atoms. The van der Waals surface area contributed by atoms with Crippen LogP contribution in [0.5, 0.6) is 0 Å². The average molecular weight is 367 g/mol. The highest BCUT2D eigenvalue weighted by atomic mass is 79.9. The molecule has 0 unspecified atom stereocenters. The molecule has 6 heteroatoms. The van der Waals surface area contributed by atoms with E-state index in [1.54, 1.807) is 11.3 Å². The quantitative estimate of drug-likeness (QED) is 0.750. The number of rotatable bonds is 7. The third-order valence-electron chi connectivity index (χ3n) is 3.36. The Hall–Kier alpha value is -1.14. The van der Waals surface area contributed by atoms with Gasteiger partial charge in [0.25, 0.3) is 0 Å². The predicted octanol–water partition coefficient (Wildman–Crippen LogP) is 4.61. The number of aromatic nitrogens is 2. The first kappa shape index (κ1) is 14.8. The molecule has 2 N–H and O–H groups in total. The van der Waals surface area contributed by atoms with Crippen molar-refractivity contribution in [3.05, 3.63) is 32.7 Å². The minimum Gasteiger partial charge on any atom is -0.370 e. The molecule has 21 heavy (non-hydrogen) atoms. The first-order chi connectivity index (χ1) is 10.3. The van der Waals surface area contributed by atoms with Crippen molar-refractivity contribution in [3.63, 3.8) is 0 Å². The van der Waals surface area contributed by atoms with E-state index in [0.29, 0.717) is 5.92 Å². The van der Waals surface area contributed by atoms with Gasteiger partial charge in [0.05, 0.1) is 6.54 Å². The van der Waals surface area contributed by atoms with E-state index in [1.807, 2.05) is 6.07 Å². The maximum absolute atomic E-state index is 4.66. The van der Waals surface area contributed by atoms with E-state index in [2.05, 4.69) is 54.9 Å². The van der Waals surface area contributed by atoms with Gasteiger partial charge < -0.3 is 10.6 Å². The highest BCUT2D eigenvalue weighted by molar-refractivity contribution is 9.10. The smallest absolute Gasteiger partial charge is 0.136 e. The summed E-state index contributed by atoms with van der Waals surface area (Å²) in [4.78, 5) is 10.6. The van der Waals surface area contributed by atoms with Gasteiger partial charge in [-0.2, -0.15) is 0 Å². The zero-order chi connectivity index (χ0) is 14.7. The van der Waals surface area contributed by atoms with Gasteiger partial charge in [-0.3, -0.25) is 0 Å². The zero-order valence-electron chi connectivity index (χ0n) is 12.0. The molecular formula is C15H19BrN4S. The number of thiophene rings is 1. The van der Waals surface area contributed by atoms with Crippen molar-refractivity contribution < 1.29 is 0 Å². The third kappa shape index (κ3) is 3.95. The molecular weight excluding hydrogens is 348 g/mol. The summed E-state index contributed by atoms with van der Waals surface area (Å²) in [6.07, 6.45) is 3.52. The molecule has 0 saturated heterocycles. The number of halogens is 1. The molecule has 1 aliphatic carbocycles. The van der Waals surface area contributed by atoms with Gasteiger partial charge in [-0.05, 0) is 46.6 Å². The molecule has 0 atom stereocenters. The van der Waals surface area contributed by atoms with E-state index in [1.165, 1.54) is 17.7 Å². The van der Waals surface area contributed by atoms with Crippen LogP contribution in [0.3, 0.4) is 0 Å². The van der Waals surface area contributed by atoms with Gasteiger partial charge in [0.15, 0.2) is 0 Å². The summed E-state index contributed by atoms with van der Waals surface area (Å²) >= 11 is 5.30. The van der Waals surface area contributed by atoms with Crippen LogP contribution in [0.4, 0.5) is 11.6 Å². The molecule has 3 rings (SSSR count). The summed E-state index contributed by atoms with van der Waals surface area (Å²) in [6, 6.07) is 4.08. The maximum Gasteiger partial charge on any atom is 0.136 e. The van der Waals surface area contributed by atoms with E-state index in [9.17, 15) is 0 Å². The van der Waals surface area contributed by atoms with E-state index >= 15 is 0 Å². The lowest BCUT2D eigenvalue weighted by Crippen LogP contribution is -2.08. The van der Waals surface area contributed by atoms with Crippen LogP contribution in [0.2, 0.25) is 0 Å². The Balaban J connectivity index is 1.73. The number of hydrogen-bond acceptors (Lipinski definition) is 5. The Morgan fingerprint density at radius 2 is 2.05 bits per heavy atom. The van der Waals surface area contributed by atoms with Gasteiger partial charge in [0, 0.05) is 27.9 Å². The van der Waals surface area contributed by atoms with E-state index in [4.69, 9.17) is 0 Å². The second kappa shape index (κ2) is 6.75. The zero-order valence-corrected chi connectivity index (χ0v) is 14.4. The first-order valence-electron chi connectivity index (χ1n) is 7.35. The minimum absolute atomic E-state index is 0.558. The van der Waals surface area contributed by atoms with Crippen LogP contribution in [0.1, 0.15) is 42.8 Å². The van der Waals surface area contributed by atoms with Crippen molar-refractivity contribution in [2.75, 3.05) is 17.2 Å². The molecule has 2 aromatic rings. The van der Waals surface area contributed by atoms with Crippen LogP contribution in [0, 0.1) is 0 Å². The molecule has 1 saturated carbocycles. The molecule has 0 radical (unpaired) electrons. The van der Waals surface area contributed by atoms with Crippen molar-refractivity contribution in [3.8, 4) is 0 Å². The Bertz CT molecular complexity index is 609. The number of anilines is 2. The van der Waals surface area contributed by atoms with Crippen LogP contribution < -0.4 is 10.6 Å². The van der Waals surface area contributed by atoms with Crippen LogP contribution in [-0.4, -0.2) is 16.5 Å². The fraction of sp³-hybridized carbons (Fsp3) is 0.467. The molecule has 2 aromatic heterocycles. The largest absolute Gasteiger partial charge is 0.370 e. The monoisotopic (exact) mass is 366 g/mol. The highest BCUT2D eigenvalue weighted by Crippen LogP contribution is 2.39. The molecule has 112 valence electrons. The predicted molar refractivity (Wildman–Crippen MR) is 92.1 cm³/mol. The maximum atomic E-state index is 4.66. The lowest BCUT2D eigenvalue weighted by atomic mass is 10.3. The summed E-state index contributed by atoms with van der Waals surface area (Å²) in [7, 11) is 0. The van der Waals surface area contributed by atoms with Crippen molar-refractivity contribution in [2.24, 2.45) is 0 Å². The average Bonchev–Trinajstić information content (AvgIpc) is 3.26. The number of nitrogens with zero attached hydrogens (tertiary/aromatic N) is 2. The van der Waals surface area contributed by atoms with Crippen LogP contribution in [-0.2, 0) is 6.54 Å². The molecule has 0 amide bonds. The Morgan fingerprint density at radius 1 is 1.29 bits per heavy atom. The Kier molecular flexibility index (Phi) is 4.75. The fourth-order valence-electron chi connectivity index (χ4n) is 2.05. The van der Waals surface area contributed by atoms with Gasteiger partial charge in [-0.25, -0.2) is 9.97 Å². The second-order valence-corrected chi connectivity index (χ2v) is 7.10. The summed E-state index contributed by atoms with van der Waals surface area (Å²) in [5.74, 6) is 3.37. The van der Waals surface area contributed by atoms with Gasteiger partial charge in [-0.15, -0.1) is 11.3 Å². The lowest BCUT2D eigenvalue weighted by molar-refractivity contribution is 0.905. The van der Waals surface area contributed by atoms with Gasteiger partial charge >= 0.3 is 0 Å². The minimum atomic E-state index is 0.558.